The van der Waals surface area contributed by atoms with Crippen LogP contribution in [-0.4, -0.2) is 17.0 Å². The van der Waals surface area contributed by atoms with Gasteiger partial charge in [-0.25, -0.2) is 4.79 Å². The minimum Gasteiger partial charge on any atom is -0.307 e. The summed E-state index contributed by atoms with van der Waals surface area (Å²) in [6, 6.07) is 12.1. The lowest BCUT2D eigenvalue weighted by molar-refractivity contribution is -0.384. The highest BCUT2D eigenvalue weighted by Crippen LogP contribution is 2.32. The third-order valence-corrected chi connectivity index (χ3v) is 4.09. The SMILES string of the molecule is Cc1cc([N+](=O)[O-])ccc1NC(=O)N1c2ccccc2C[C@H]1C. The Morgan fingerprint density at radius 1 is 1.30 bits per heavy atom. The number of fused-ring (bicyclic) bond motifs is 1. The van der Waals surface area contributed by atoms with Gasteiger partial charge in [-0.05, 0) is 43.5 Å². The molecule has 0 aromatic heterocycles. The average Bonchev–Trinajstić information content (AvgIpc) is 2.84. The normalized spacial score (nSPS) is 16.1. The van der Waals surface area contributed by atoms with Gasteiger partial charge in [0, 0.05) is 29.5 Å². The Hall–Kier alpha value is -2.89. The van der Waals surface area contributed by atoms with Crippen molar-refractivity contribution >= 4 is 23.1 Å². The molecule has 2 aromatic rings. The largest absolute Gasteiger partial charge is 0.326 e. The van der Waals surface area contributed by atoms with E-state index in [1.807, 2.05) is 31.2 Å². The van der Waals surface area contributed by atoms with Crippen molar-refractivity contribution in [1.29, 1.82) is 0 Å². The second-order valence-electron chi connectivity index (χ2n) is 5.74. The highest BCUT2D eigenvalue weighted by atomic mass is 16.6. The fraction of sp³-hybridized carbons (Fsp3) is 0.235. The highest BCUT2D eigenvalue weighted by Gasteiger charge is 2.30. The molecule has 118 valence electrons. The Bertz CT molecular complexity index is 788. The third-order valence-electron chi connectivity index (χ3n) is 4.09. The number of carbonyl (C=O) groups is 1. The molecule has 1 aliphatic heterocycles. The Balaban J connectivity index is 1.84. The zero-order valence-corrected chi connectivity index (χ0v) is 12.9. The Morgan fingerprint density at radius 3 is 2.74 bits per heavy atom. The van der Waals surface area contributed by atoms with Gasteiger partial charge in [0.15, 0.2) is 0 Å². The van der Waals surface area contributed by atoms with Gasteiger partial charge in [-0.1, -0.05) is 18.2 Å². The number of nitrogens with zero attached hydrogens (tertiary/aromatic N) is 2. The number of carbonyl (C=O) groups excluding carboxylic acids is 1. The Kier molecular flexibility index (Phi) is 3.73. The van der Waals surface area contributed by atoms with E-state index in [1.54, 1.807) is 17.9 Å². The number of nitrogens with one attached hydrogen (secondary N) is 1. The maximum Gasteiger partial charge on any atom is 0.326 e. The summed E-state index contributed by atoms with van der Waals surface area (Å²) in [7, 11) is 0. The van der Waals surface area contributed by atoms with Crippen molar-refractivity contribution in [2.45, 2.75) is 26.3 Å². The number of aryl methyl sites for hydroxylation is 1. The maximum atomic E-state index is 12.6. The van der Waals surface area contributed by atoms with E-state index in [-0.39, 0.29) is 17.8 Å². The molecule has 1 atom stereocenters. The first-order chi connectivity index (χ1) is 11.0. The summed E-state index contributed by atoms with van der Waals surface area (Å²) in [5.74, 6) is 0. The molecular formula is C17H17N3O3. The molecule has 0 bridgehead atoms. The van der Waals surface area contributed by atoms with E-state index in [9.17, 15) is 14.9 Å². The number of benzene rings is 2. The number of nitro benzene ring substituents is 1. The molecule has 2 aromatic carbocycles. The predicted octanol–water partition coefficient (Wildman–Crippen LogP) is 3.89. The molecule has 1 N–H and O–H groups in total. The van der Waals surface area contributed by atoms with E-state index >= 15 is 0 Å². The Labute approximate surface area is 133 Å². The summed E-state index contributed by atoms with van der Waals surface area (Å²) < 4.78 is 0. The minimum atomic E-state index is -0.447. The summed E-state index contributed by atoms with van der Waals surface area (Å²) in [5, 5.41) is 13.6. The smallest absolute Gasteiger partial charge is 0.307 e. The van der Waals surface area contributed by atoms with Crippen molar-refractivity contribution in [2.75, 3.05) is 10.2 Å². The quantitative estimate of drug-likeness (QED) is 0.675. The standard InChI is InChI=1S/C17H17N3O3/c1-11-9-14(20(22)23)7-8-15(11)18-17(21)19-12(2)10-13-5-3-4-6-16(13)19/h3-9,12H,10H2,1-2H3,(H,18,21)/t12-/m1/s1. The van der Waals surface area contributed by atoms with Crippen LogP contribution in [0.5, 0.6) is 0 Å². The van der Waals surface area contributed by atoms with Crippen LogP contribution in [0.15, 0.2) is 42.5 Å². The van der Waals surface area contributed by atoms with Crippen LogP contribution < -0.4 is 10.2 Å². The van der Waals surface area contributed by atoms with Crippen LogP contribution in [0.2, 0.25) is 0 Å². The molecule has 0 aliphatic carbocycles. The van der Waals surface area contributed by atoms with E-state index in [4.69, 9.17) is 0 Å². The van der Waals surface area contributed by atoms with E-state index in [1.165, 1.54) is 12.1 Å². The van der Waals surface area contributed by atoms with Gasteiger partial charge in [0.25, 0.3) is 5.69 Å². The van der Waals surface area contributed by atoms with E-state index < -0.39 is 4.92 Å². The van der Waals surface area contributed by atoms with Gasteiger partial charge in [-0.15, -0.1) is 0 Å². The number of non-ortho nitro benzene ring substituents is 1. The molecule has 3 rings (SSSR count). The first-order valence-corrected chi connectivity index (χ1v) is 7.40. The number of amides is 2. The number of urea groups is 1. The molecule has 6 nitrogen and oxygen atoms in total. The number of hydrogen-bond donors (Lipinski definition) is 1. The van der Waals surface area contributed by atoms with Gasteiger partial charge in [0.05, 0.1) is 4.92 Å². The highest BCUT2D eigenvalue weighted by molar-refractivity contribution is 6.04. The molecule has 0 saturated carbocycles. The Morgan fingerprint density at radius 2 is 2.04 bits per heavy atom. The molecule has 2 amide bonds. The molecule has 0 fully saturated rings. The second-order valence-corrected chi connectivity index (χ2v) is 5.74. The van der Waals surface area contributed by atoms with Crippen molar-refractivity contribution in [3.63, 3.8) is 0 Å². The molecule has 23 heavy (non-hydrogen) atoms. The van der Waals surface area contributed by atoms with E-state index in [0.29, 0.717) is 11.3 Å². The second kappa shape index (κ2) is 5.72. The summed E-state index contributed by atoms with van der Waals surface area (Å²) in [6.07, 6.45) is 0.822. The number of para-hydroxylation sites is 1. The fourth-order valence-corrected chi connectivity index (χ4v) is 2.95. The molecule has 0 radical (unpaired) electrons. The fourth-order valence-electron chi connectivity index (χ4n) is 2.95. The molecular weight excluding hydrogens is 294 g/mol. The molecule has 6 heteroatoms. The lowest BCUT2D eigenvalue weighted by atomic mass is 10.1. The van der Waals surface area contributed by atoms with Gasteiger partial charge in [-0.2, -0.15) is 0 Å². The molecule has 1 heterocycles. The summed E-state index contributed by atoms with van der Waals surface area (Å²) in [4.78, 5) is 24.7. The lowest BCUT2D eigenvalue weighted by Crippen LogP contribution is -2.39. The summed E-state index contributed by atoms with van der Waals surface area (Å²) >= 11 is 0. The van der Waals surface area contributed by atoms with Gasteiger partial charge >= 0.3 is 6.03 Å². The van der Waals surface area contributed by atoms with Gasteiger partial charge in [0.2, 0.25) is 0 Å². The lowest BCUT2D eigenvalue weighted by Gasteiger charge is -2.23. The molecule has 0 saturated heterocycles. The van der Waals surface area contributed by atoms with Crippen LogP contribution in [0.25, 0.3) is 0 Å². The van der Waals surface area contributed by atoms with Crippen molar-refractivity contribution < 1.29 is 9.72 Å². The van der Waals surface area contributed by atoms with Crippen molar-refractivity contribution in [2.24, 2.45) is 0 Å². The third kappa shape index (κ3) is 2.75. The summed E-state index contributed by atoms with van der Waals surface area (Å²) in [5.41, 5.74) is 3.32. The van der Waals surface area contributed by atoms with E-state index in [0.717, 1.165) is 17.7 Å². The predicted molar refractivity (Wildman–Crippen MR) is 88.9 cm³/mol. The van der Waals surface area contributed by atoms with Crippen molar-refractivity contribution in [1.82, 2.24) is 0 Å². The van der Waals surface area contributed by atoms with Crippen LogP contribution in [0.3, 0.4) is 0 Å². The molecule has 1 aliphatic rings. The van der Waals surface area contributed by atoms with Crippen molar-refractivity contribution in [3.05, 3.63) is 63.7 Å². The van der Waals surface area contributed by atoms with Crippen molar-refractivity contribution in [3.8, 4) is 0 Å². The van der Waals surface area contributed by atoms with Gasteiger partial charge in [0.1, 0.15) is 0 Å². The van der Waals surface area contributed by atoms with Crippen LogP contribution in [0.1, 0.15) is 18.1 Å². The van der Waals surface area contributed by atoms with Crippen LogP contribution in [0.4, 0.5) is 21.9 Å². The number of rotatable bonds is 2. The van der Waals surface area contributed by atoms with E-state index in [2.05, 4.69) is 5.32 Å². The average molecular weight is 311 g/mol. The van der Waals surface area contributed by atoms with Crippen LogP contribution in [0, 0.1) is 17.0 Å². The van der Waals surface area contributed by atoms with Crippen LogP contribution >= 0.6 is 0 Å². The van der Waals surface area contributed by atoms with Gasteiger partial charge in [-0.3, -0.25) is 15.0 Å². The van der Waals surface area contributed by atoms with Crippen LogP contribution in [-0.2, 0) is 6.42 Å². The topological polar surface area (TPSA) is 75.5 Å². The molecule has 0 unspecified atom stereocenters. The number of nitro groups is 1. The number of anilines is 2. The monoisotopic (exact) mass is 311 g/mol. The van der Waals surface area contributed by atoms with Gasteiger partial charge < -0.3 is 5.32 Å². The minimum absolute atomic E-state index is 0.0142. The molecule has 0 spiro atoms. The zero-order valence-electron chi connectivity index (χ0n) is 12.9. The number of hydrogen-bond acceptors (Lipinski definition) is 3. The maximum absolute atomic E-state index is 12.6. The summed E-state index contributed by atoms with van der Waals surface area (Å²) in [6.45, 7) is 3.74. The first-order valence-electron chi connectivity index (χ1n) is 7.40. The zero-order chi connectivity index (χ0) is 16.6. The first kappa shape index (κ1) is 15.0.